The molecular weight excluding hydrogens is 516 g/mol. The van der Waals surface area contributed by atoms with Crippen molar-refractivity contribution < 1.29 is 31.8 Å². The van der Waals surface area contributed by atoms with Gasteiger partial charge in [-0.25, -0.2) is 14.4 Å². The molecule has 1 N–H and O–H groups in total. The fraction of sp³-hybridized carbons (Fsp3) is 0.143. The smallest absolute Gasteiger partial charge is 0.422 e. The number of rotatable bonds is 7. The Hall–Kier alpha value is -4.80. The van der Waals surface area contributed by atoms with Gasteiger partial charge in [-0.2, -0.15) is 13.2 Å². The molecule has 7 nitrogen and oxygen atoms in total. The monoisotopic (exact) mass is 536 g/mol. The van der Waals surface area contributed by atoms with Crippen LogP contribution in [0.1, 0.15) is 27.0 Å². The van der Waals surface area contributed by atoms with Crippen LogP contribution in [0.4, 0.5) is 29.2 Å². The number of nitrogens with zero attached hydrogens (tertiary/aromatic N) is 3. The average molecular weight is 536 g/mol. The number of aliphatic imine (C=N–C) groups is 1. The second-order valence-corrected chi connectivity index (χ2v) is 8.49. The molecule has 1 aliphatic heterocycles. The number of hydrogen-bond donors (Lipinski definition) is 1. The third-order valence-electron chi connectivity index (χ3n) is 5.93. The third-order valence-corrected chi connectivity index (χ3v) is 5.93. The second kappa shape index (κ2) is 10.5. The number of methoxy groups -OCH3 is 1. The van der Waals surface area contributed by atoms with Crippen LogP contribution in [0, 0.1) is 5.82 Å². The molecule has 5 rings (SSSR count). The molecule has 0 atom stereocenters. The normalized spacial score (nSPS) is 12.5. The van der Waals surface area contributed by atoms with Crippen LogP contribution < -0.4 is 14.8 Å². The van der Waals surface area contributed by atoms with Gasteiger partial charge in [0.05, 0.1) is 36.2 Å². The zero-order chi connectivity index (χ0) is 27.6. The first-order chi connectivity index (χ1) is 18.8. The van der Waals surface area contributed by atoms with Gasteiger partial charge in [0, 0.05) is 34.6 Å². The van der Waals surface area contributed by atoms with Crippen LogP contribution in [-0.4, -0.2) is 41.9 Å². The number of anilines is 2. The van der Waals surface area contributed by atoms with Gasteiger partial charge in [-0.05, 0) is 24.3 Å². The summed E-state index contributed by atoms with van der Waals surface area (Å²) in [6, 6.07) is 15.6. The molecule has 2 heterocycles. The van der Waals surface area contributed by atoms with E-state index < -0.39 is 18.6 Å². The molecule has 0 aliphatic carbocycles. The SMILES string of the molecule is COc1cc(Nc2ncc3c(n2)-c2ccccc2C(c2c(F)cccc2OCC(F)(F)F)=NC3)ccc1C=O. The Morgan fingerprint density at radius 2 is 1.82 bits per heavy atom. The molecular formula is C28H20F4N4O3. The maximum absolute atomic E-state index is 15.1. The maximum atomic E-state index is 15.1. The lowest BCUT2D eigenvalue weighted by atomic mass is 9.94. The van der Waals surface area contributed by atoms with Gasteiger partial charge in [-0.3, -0.25) is 9.79 Å². The standard InChI is InChI=1S/C28H20F4N4O3/c1-38-23-11-18(10-9-16(23)14-37)35-27-34-13-17-12-33-26(20-6-3-2-5-19(20)25(17)36-27)24-21(29)7-4-8-22(24)39-15-28(30,31)32/h2-11,13-14H,12,15H2,1H3,(H,34,35,36). The van der Waals surface area contributed by atoms with E-state index in [1.807, 2.05) is 0 Å². The minimum absolute atomic E-state index is 0.0501. The van der Waals surface area contributed by atoms with Gasteiger partial charge >= 0.3 is 6.18 Å². The summed E-state index contributed by atoms with van der Waals surface area (Å²) >= 11 is 0. The van der Waals surface area contributed by atoms with Crippen LogP contribution in [0.15, 0.2) is 71.9 Å². The van der Waals surface area contributed by atoms with Gasteiger partial charge in [0.1, 0.15) is 17.3 Å². The Morgan fingerprint density at radius 3 is 2.56 bits per heavy atom. The summed E-state index contributed by atoms with van der Waals surface area (Å²) in [6.07, 6.45) is -2.34. The number of fused-ring (bicyclic) bond motifs is 3. The molecule has 0 bridgehead atoms. The molecule has 0 fully saturated rings. The number of ether oxygens (including phenoxy) is 2. The molecule has 0 saturated carbocycles. The summed E-state index contributed by atoms with van der Waals surface area (Å²) in [5, 5.41) is 3.08. The van der Waals surface area contributed by atoms with Crippen molar-refractivity contribution in [2.75, 3.05) is 19.0 Å². The molecule has 0 unspecified atom stereocenters. The summed E-state index contributed by atoms with van der Waals surface area (Å²) in [5.74, 6) is -0.419. The molecule has 198 valence electrons. The lowest BCUT2D eigenvalue weighted by Gasteiger charge is -2.16. The third kappa shape index (κ3) is 5.42. The van der Waals surface area contributed by atoms with Gasteiger partial charge < -0.3 is 14.8 Å². The van der Waals surface area contributed by atoms with E-state index in [2.05, 4.69) is 20.3 Å². The van der Waals surface area contributed by atoms with Crippen LogP contribution in [0.2, 0.25) is 0 Å². The fourth-order valence-electron chi connectivity index (χ4n) is 4.20. The molecule has 0 amide bonds. The number of carbonyl (C=O) groups is 1. The highest BCUT2D eigenvalue weighted by Crippen LogP contribution is 2.35. The summed E-state index contributed by atoms with van der Waals surface area (Å²) in [5.41, 5.74) is 3.15. The van der Waals surface area contributed by atoms with E-state index in [0.29, 0.717) is 45.7 Å². The minimum atomic E-state index is -4.60. The Morgan fingerprint density at radius 1 is 1.03 bits per heavy atom. The molecule has 39 heavy (non-hydrogen) atoms. The zero-order valence-electron chi connectivity index (χ0n) is 20.4. The van der Waals surface area contributed by atoms with Crippen LogP contribution in [0.3, 0.4) is 0 Å². The first-order valence-corrected chi connectivity index (χ1v) is 11.7. The number of aldehydes is 1. The predicted octanol–water partition coefficient (Wildman–Crippen LogP) is 6.14. The van der Waals surface area contributed by atoms with E-state index in [9.17, 15) is 18.0 Å². The first-order valence-electron chi connectivity index (χ1n) is 11.7. The van der Waals surface area contributed by atoms with Crippen molar-refractivity contribution in [2.45, 2.75) is 12.7 Å². The molecule has 11 heteroatoms. The Balaban J connectivity index is 1.55. The number of nitrogens with one attached hydrogen (secondary N) is 1. The summed E-state index contributed by atoms with van der Waals surface area (Å²) in [4.78, 5) is 24.8. The van der Waals surface area contributed by atoms with Crippen molar-refractivity contribution in [2.24, 2.45) is 4.99 Å². The molecule has 4 aromatic rings. The Bertz CT molecular complexity index is 1590. The highest BCUT2D eigenvalue weighted by Gasteiger charge is 2.30. The van der Waals surface area contributed by atoms with Crippen LogP contribution in [0.25, 0.3) is 11.3 Å². The van der Waals surface area contributed by atoms with Crippen LogP contribution in [0.5, 0.6) is 11.5 Å². The Labute approximate surface area is 220 Å². The first kappa shape index (κ1) is 25.8. The van der Waals surface area contributed by atoms with Gasteiger partial charge in [0.2, 0.25) is 5.95 Å². The van der Waals surface area contributed by atoms with Crippen molar-refractivity contribution in [1.29, 1.82) is 0 Å². The van der Waals surface area contributed by atoms with Gasteiger partial charge in [0.15, 0.2) is 12.9 Å². The highest BCUT2D eigenvalue weighted by molar-refractivity contribution is 6.18. The minimum Gasteiger partial charge on any atom is -0.496 e. The highest BCUT2D eigenvalue weighted by atomic mass is 19.4. The number of benzene rings is 3. The second-order valence-electron chi connectivity index (χ2n) is 8.49. The largest absolute Gasteiger partial charge is 0.496 e. The van der Waals surface area contributed by atoms with E-state index in [1.54, 1.807) is 48.7 Å². The molecule has 0 radical (unpaired) electrons. The molecule has 1 aromatic heterocycles. The Kier molecular flexibility index (Phi) is 6.97. The molecule has 0 saturated heterocycles. The van der Waals surface area contributed by atoms with Gasteiger partial charge in [-0.15, -0.1) is 0 Å². The number of halogens is 4. The van der Waals surface area contributed by atoms with E-state index in [0.717, 1.165) is 6.07 Å². The van der Waals surface area contributed by atoms with Crippen LogP contribution >= 0.6 is 0 Å². The topological polar surface area (TPSA) is 85.7 Å². The number of hydrogen-bond acceptors (Lipinski definition) is 7. The number of alkyl halides is 3. The van der Waals surface area contributed by atoms with E-state index in [-0.39, 0.29) is 29.5 Å². The zero-order valence-corrected chi connectivity index (χ0v) is 20.4. The van der Waals surface area contributed by atoms with Crippen molar-refractivity contribution in [3.63, 3.8) is 0 Å². The van der Waals surface area contributed by atoms with Crippen molar-refractivity contribution >= 4 is 23.6 Å². The average Bonchev–Trinajstić information content (AvgIpc) is 3.08. The van der Waals surface area contributed by atoms with E-state index >= 15 is 4.39 Å². The predicted molar refractivity (Wildman–Crippen MR) is 136 cm³/mol. The van der Waals surface area contributed by atoms with Crippen LogP contribution in [-0.2, 0) is 6.54 Å². The van der Waals surface area contributed by atoms with Gasteiger partial charge in [-0.1, -0.05) is 30.3 Å². The number of aromatic nitrogens is 2. The lowest BCUT2D eigenvalue weighted by molar-refractivity contribution is -0.153. The fourth-order valence-corrected chi connectivity index (χ4v) is 4.20. The number of carbonyl (C=O) groups excluding carboxylic acids is 1. The molecule has 3 aromatic carbocycles. The van der Waals surface area contributed by atoms with Gasteiger partial charge in [0.25, 0.3) is 0 Å². The lowest BCUT2D eigenvalue weighted by Crippen LogP contribution is -2.21. The summed E-state index contributed by atoms with van der Waals surface area (Å²) in [7, 11) is 1.45. The summed E-state index contributed by atoms with van der Waals surface area (Å²) < 4.78 is 64.0. The van der Waals surface area contributed by atoms with Crippen molar-refractivity contribution in [1.82, 2.24) is 9.97 Å². The maximum Gasteiger partial charge on any atom is 0.422 e. The summed E-state index contributed by atoms with van der Waals surface area (Å²) in [6.45, 7) is -1.52. The van der Waals surface area contributed by atoms with Crippen molar-refractivity contribution in [3.8, 4) is 22.8 Å². The van der Waals surface area contributed by atoms with Crippen molar-refractivity contribution in [3.05, 3.63) is 94.9 Å². The molecule has 0 spiro atoms. The quantitative estimate of drug-likeness (QED) is 0.226. The van der Waals surface area contributed by atoms with E-state index in [4.69, 9.17) is 9.47 Å². The van der Waals surface area contributed by atoms with E-state index in [1.165, 1.54) is 19.2 Å². The molecule has 1 aliphatic rings.